The lowest BCUT2D eigenvalue weighted by atomic mass is 9.89. The average Bonchev–Trinajstić information content (AvgIpc) is 3.11. The fourth-order valence-electron chi connectivity index (χ4n) is 3.91. The second-order valence-electron chi connectivity index (χ2n) is 7.26. The van der Waals surface area contributed by atoms with Gasteiger partial charge in [-0.15, -0.1) is 0 Å². The first kappa shape index (κ1) is 17.6. The van der Waals surface area contributed by atoms with Gasteiger partial charge in [0.1, 0.15) is 6.10 Å². The molecule has 1 aromatic heterocycles. The van der Waals surface area contributed by atoms with Gasteiger partial charge in [-0.05, 0) is 36.5 Å². The normalized spacial score (nSPS) is 20.6. The van der Waals surface area contributed by atoms with Crippen LogP contribution in [0.5, 0.6) is 0 Å². The molecule has 0 unspecified atom stereocenters. The van der Waals surface area contributed by atoms with Crippen molar-refractivity contribution in [1.82, 2.24) is 14.9 Å². The molecule has 2 aromatic rings. The molecule has 138 valence electrons. The van der Waals surface area contributed by atoms with E-state index in [1.165, 1.54) is 32.1 Å². The standard InChI is InChI=1S/C20H24ClN3O2/c21-16-8-6-15(7-9-16)18-11-24-13-23-19(17(24)12-26-18)20(25)22-10-14-4-2-1-3-5-14/h6-9,13-14,18H,1-5,10-12H2,(H,22,25)/t18-/m0/s1. The summed E-state index contributed by atoms with van der Waals surface area (Å²) < 4.78 is 8.02. The third-order valence-corrected chi connectivity index (χ3v) is 5.71. The van der Waals surface area contributed by atoms with Gasteiger partial charge in [-0.1, -0.05) is 43.0 Å². The molecule has 1 N–H and O–H groups in total. The summed E-state index contributed by atoms with van der Waals surface area (Å²) in [5.74, 6) is 0.523. The Bertz CT molecular complexity index is 766. The van der Waals surface area contributed by atoms with Crippen molar-refractivity contribution >= 4 is 17.5 Å². The lowest BCUT2D eigenvalue weighted by Crippen LogP contribution is -2.32. The van der Waals surface area contributed by atoms with Crippen LogP contribution < -0.4 is 5.32 Å². The molecule has 1 saturated carbocycles. The van der Waals surface area contributed by atoms with Crippen molar-refractivity contribution in [2.24, 2.45) is 5.92 Å². The van der Waals surface area contributed by atoms with Crippen LogP contribution in [0.2, 0.25) is 5.02 Å². The van der Waals surface area contributed by atoms with E-state index in [2.05, 4.69) is 10.3 Å². The summed E-state index contributed by atoms with van der Waals surface area (Å²) in [5, 5.41) is 3.78. The van der Waals surface area contributed by atoms with Crippen molar-refractivity contribution in [2.45, 2.75) is 51.4 Å². The Labute approximate surface area is 158 Å². The van der Waals surface area contributed by atoms with Crippen molar-refractivity contribution in [3.05, 3.63) is 52.6 Å². The number of fused-ring (bicyclic) bond motifs is 1. The smallest absolute Gasteiger partial charge is 0.271 e. The van der Waals surface area contributed by atoms with Crippen molar-refractivity contribution < 1.29 is 9.53 Å². The highest BCUT2D eigenvalue weighted by Gasteiger charge is 2.26. The van der Waals surface area contributed by atoms with Crippen LogP contribution >= 0.6 is 11.6 Å². The molecule has 2 heterocycles. The van der Waals surface area contributed by atoms with Crippen LogP contribution in [0, 0.1) is 5.92 Å². The number of hydrogen-bond acceptors (Lipinski definition) is 3. The number of nitrogens with one attached hydrogen (secondary N) is 1. The SMILES string of the molecule is O=C(NCC1CCCCC1)c1ncn2c1CO[C@H](c1ccc(Cl)cc1)C2. The minimum absolute atomic E-state index is 0.0490. The Balaban J connectivity index is 1.40. The molecule has 1 amide bonds. The second-order valence-corrected chi connectivity index (χ2v) is 7.69. The number of aromatic nitrogens is 2. The lowest BCUT2D eigenvalue weighted by Gasteiger charge is -2.26. The van der Waals surface area contributed by atoms with E-state index < -0.39 is 0 Å². The first-order valence-corrected chi connectivity index (χ1v) is 9.78. The summed E-state index contributed by atoms with van der Waals surface area (Å²) in [6.07, 6.45) is 8.01. The summed E-state index contributed by atoms with van der Waals surface area (Å²) in [5.41, 5.74) is 2.43. The monoisotopic (exact) mass is 373 g/mol. The van der Waals surface area contributed by atoms with Gasteiger partial charge in [0.15, 0.2) is 5.69 Å². The van der Waals surface area contributed by atoms with E-state index >= 15 is 0 Å². The van der Waals surface area contributed by atoms with Crippen LogP contribution in [0.3, 0.4) is 0 Å². The van der Waals surface area contributed by atoms with Crippen molar-refractivity contribution in [1.29, 1.82) is 0 Å². The maximum Gasteiger partial charge on any atom is 0.271 e. The molecule has 1 aliphatic heterocycles. The van der Waals surface area contributed by atoms with E-state index in [1.54, 1.807) is 6.33 Å². The summed E-state index contributed by atoms with van der Waals surface area (Å²) in [6, 6.07) is 7.70. The number of benzene rings is 1. The molecule has 26 heavy (non-hydrogen) atoms. The highest BCUT2D eigenvalue weighted by Crippen LogP contribution is 2.28. The van der Waals surface area contributed by atoms with Gasteiger partial charge in [-0.3, -0.25) is 4.79 Å². The van der Waals surface area contributed by atoms with E-state index in [9.17, 15) is 4.79 Å². The van der Waals surface area contributed by atoms with E-state index in [4.69, 9.17) is 16.3 Å². The third-order valence-electron chi connectivity index (χ3n) is 5.46. The molecule has 4 rings (SSSR count). The summed E-state index contributed by atoms with van der Waals surface area (Å²) in [6.45, 7) is 1.79. The van der Waals surface area contributed by atoms with Crippen LogP contribution in [-0.2, 0) is 17.9 Å². The van der Waals surface area contributed by atoms with E-state index in [0.29, 0.717) is 29.8 Å². The number of rotatable bonds is 4. The molecule has 1 atom stereocenters. The molecule has 0 bridgehead atoms. The molecule has 1 aliphatic carbocycles. The predicted molar refractivity (Wildman–Crippen MR) is 100 cm³/mol. The molecule has 1 fully saturated rings. The van der Waals surface area contributed by atoms with Gasteiger partial charge in [-0.25, -0.2) is 4.98 Å². The van der Waals surface area contributed by atoms with Gasteiger partial charge in [0, 0.05) is 11.6 Å². The molecule has 0 spiro atoms. The average molecular weight is 374 g/mol. The number of halogens is 1. The molecule has 0 saturated heterocycles. The van der Waals surface area contributed by atoms with Gasteiger partial charge < -0.3 is 14.6 Å². The third kappa shape index (κ3) is 3.79. The Morgan fingerprint density at radius 2 is 2.00 bits per heavy atom. The van der Waals surface area contributed by atoms with Crippen LogP contribution in [0.4, 0.5) is 0 Å². The molecule has 2 aliphatic rings. The fourth-order valence-corrected chi connectivity index (χ4v) is 4.03. The minimum Gasteiger partial charge on any atom is -0.365 e. The second kappa shape index (κ2) is 7.80. The zero-order valence-electron chi connectivity index (χ0n) is 14.8. The zero-order valence-corrected chi connectivity index (χ0v) is 15.5. The number of imidazole rings is 1. The maximum absolute atomic E-state index is 12.6. The first-order valence-electron chi connectivity index (χ1n) is 9.40. The fraction of sp³-hybridized carbons (Fsp3) is 0.500. The lowest BCUT2D eigenvalue weighted by molar-refractivity contribution is 0.00257. The minimum atomic E-state index is -0.0853. The molecule has 0 radical (unpaired) electrons. The van der Waals surface area contributed by atoms with Gasteiger partial charge in [0.25, 0.3) is 5.91 Å². The Hall–Kier alpha value is -1.85. The topological polar surface area (TPSA) is 56.2 Å². The van der Waals surface area contributed by atoms with E-state index in [1.807, 2.05) is 28.8 Å². The highest BCUT2D eigenvalue weighted by atomic mass is 35.5. The molecule has 6 heteroatoms. The van der Waals surface area contributed by atoms with Gasteiger partial charge in [0.2, 0.25) is 0 Å². The van der Waals surface area contributed by atoms with Crippen molar-refractivity contribution in [3.63, 3.8) is 0 Å². The van der Waals surface area contributed by atoms with Gasteiger partial charge >= 0.3 is 0 Å². The van der Waals surface area contributed by atoms with Crippen LogP contribution in [-0.4, -0.2) is 22.0 Å². The van der Waals surface area contributed by atoms with Crippen molar-refractivity contribution in [3.8, 4) is 0 Å². The Morgan fingerprint density at radius 3 is 2.77 bits per heavy atom. The quantitative estimate of drug-likeness (QED) is 0.877. The number of ether oxygens (including phenoxy) is 1. The van der Waals surface area contributed by atoms with E-state index in [0.717, 1.165) is 17.8 Å². The molecule has 5 nitrogen and oxygen atoms in total. The number of carbonyl (C=O) groups excluding carboxylic acids is 1. The largest absolute Gasteiger partial charge is 0.365 e. The molecular formula is C20H24ClN3O2. The predicted octanol–water partition coefficient (Wildman–Crippen LogP) is 4.12. The molecule has 1 aromatic carbocycles. The highest BCUT2D eigenvalue weighted by molar-refractivity contribution is 6.30. The number of amides is 1. The number of carbonyl (C=O) groups is 1. The Kier molecular flexibility index (Phi) is 5.27. The zero-order chi connectivity index (χ0) is 17.9. The van der Waals surface area contributed by atoms with E-state index in [-0.39, 0.29) is 12.0 Å². The summed E-state index contributed by atoms with van der Waals surface area (Å²) in [7, 11) is 0. The maximum atomic E-state index is 12.6. The number of hydrogen-bond donors (Lipinski definition) is 1. The summed E-state index contributed by atoms with van der Waals surface area (Å²) >= 11 is 5.96. The van der Waals surface area contributed by atoms with Crippen LogP contribution in [0.1, 0.15) is 60.0 Å². The van der Waals surface area contributed by atoms with Gasteiger partial charge in [0.05, 0.1) is 25.2 Å². The Morgan fingerprint density at radius 1 is 1.23 bits per heavy atom. The van der Waals surface area contributed by atoms with Crippen LogP contribution in [0.15, 0.2) is 30.6 Å². The first-order chi connectivity index (χ1) is 12.7. The molecular weight excluding hydrogens is 350 g/mol. The number of nitrogens with zero attached hydrogens (tertiary/aromatic N) is 2. The van der Waals surface area contributed by atoms with Gasteiger partial charge in [-0.2, -0.15) is 0 Å². The van der Waals surface area contributed by atoms with Crippen LogP contribution in [0.25, 0.3) is 0 Å². The summed E-state index contributed by atoms with van der Waals surface area (Å²) in [4.78, 5) is 16.9. The van der Waals surface area contributed by atoms with Crippen molar-refractivity contribution in [2.75, 3.05) is 6.54 Å².